The van der Waals surface area contributed by atoms with Gasteiger partial charge in [0.1, 0.15) is 5.82 Å². The minimum Gasteiger partial charge on any atom is -0.394 e. The summed E-state index contributed by atoms with van der Waals surface area (Å²) in [5, 5.41) is 19.4. The van der Waals surface area contributed by atoms with E-state index >= 15 is 0 Å². The molecule has 3 rings (SSSR count). The van der Waals surface area contributed by atoms with E-state index in [-0.39, 0.29) is 24.4 Å². The summed E-state index contributed by atoms with van der Waals surface area (Å²) in [5.74, 6) is 0.365. The smallest absolute Gasteiger partial charge is 0.223 e. The largest absolute Gasteiger partial charge is 0.394 e. The lowest BCUT2D eigenvalue weighted by molar-refractivity contribution is -0.140. The molecule has 1 amide bonds. The Morgan fingerprint density at radius 3 is 2.48 bits per heavy atom. The number of likely N-dealkylation sites (tertiary alicyclic amines) is 1. The Balaban J connectivity index is 1.79. The number of nitrogens with zero attached hydrogens (tertiary/aromatic N) is 1. The summed E-state index contributed by atoms with van der Waals surface area (Å²) in [7, 11) is 0. The molecular formula is C22H32FNO3. The van der Waals surface area contributed by atoms with Crippen molar-refractivity contribution in [1.29, 1.82) is 0 Å². The van der Waals surface area contributed by atoms with E-state index in [4.69, 9.17) is 0 Å². The fourth-order valence-corrected chi connectivity index (χ4v) is 5.10. The Morgan fingerprint density at radius 1 is 1.22 bits per heavy atom. The third-order valence-corrected chi connectivity index (χ3v) is 6.76. The molecule has 5 heteroatoms. The second-order valence-corrected chi connectivity index (χ2v) is 8.48. The van der Waals surface area contributed by atoms with Gasteiger partial charge in [-0.1, -0.05) is 31.4 Å². The molecule has 0 bridgehead atoms. The van der Waals surface area contributed by atoms with Crippen molar-refractivity contribution < 1.29 is 19.4 Å². The van der Waals surface area contributed by atoms with Crippen LogP contribution < -0.4 is 0 Å². The lowest BCUT2D eigenvalue weighted by Gasteiger charge is -2.46. The van der Waals surface area contributed by atoms with Crippen molar-refractivity contribution in [2.45, 2.75) is 75.9 Å². The predicted octanol–water partition coefficient (Wildman–Crippen LogP) is 3.40. The van der Waals surface area contributed by atoms with Crippen LogP contribution in [0, 0.1) is 11.7 Å². The van der Waals surface area contributed by atoms with Crippen LogP contribution in [0.15, 0.2) is 24.3 Å². The first-order valence-corrected chi connectivity index (χ1v) is 10.3. The van der Waals surface area contributed by atoms with Crippen molar-refractivity contribution >= 4 is 5.91 Å². The van der Waals surface area contributed by atoms with Gasteiger partial charge in [-0.05, 0) is 56.2 Å². The number of carbonyl (C=O) groups is 1. The fourth-order valence-electron chi connectivity index (χ4n) is 5.10. The third-order valence-electron chi connectivity index (χ3n) is 6.76. The second kappa shape index (κ2) is 8.70. The average molecular weight is 378 g/mol. The lowest BCUT2D eigenvalue weighted by Crippen LogP contribution is -2.52. The van der Waals surface area contributed by atoms with Gasteiger partial charge in [0.05, 0.1) is 12.7 Å². The van der Waals surface area contributed by atoms with Crippen molar-refractivity contribution in [3.63, 3.8) is 0 Å². The summed E-state index contributed by atoms with van der Waals surface area (Å²) in [5.41, 5.74) is 0.324. The summed E-state index contributed by atoms with van der Waals surface area (Å²) in [6.07, 6.45) is 6.62. The molecule has 27 heavy (non-hydrogen) atoms. The molecule has 1 heterocycles. The van der Waals surface area contributed by atoms with Gasteiger partial charge in [-0.15, -0.1) is 0 Å². The molecule has 1 saturated carbocycles. The molecule has 4 nitrogen and oxygen atoms in total. The van der Waals surface area contributed by atoms with Gasteiger partial charge >= 0.3 is 0 Å². The third kappa shape index (κ3) is 4.52. The Bertz CT molecular complexity index is 629. The Morgan fingerprint density at radius 2 is 1.89 bits per heavy atom. The van der Waals surface area contributed by atoms with Crippen LogP contribution in [0.2, 0.25) is 0 Å². The minimum atomic E-state index is -0.884. The molecule has 0 aromatic heterocycles. The van der Waals surface area contributed by atoms with E-state index in [2.05, 4.69) is 6.92 Å². The zero-order valence-corrected chi connectivity index (χ0v) is 16.2. The van der Waals surface area contributed by atoms with Crippen molar-refractivity contribution in [2.24, 2.45) is 5.92 Å². The number of aliphatic hydroxyl groups excluding tert-OH is 2. The number of amides is 1. The predicted molar refractivity (Wildman–Crippen MR) is 103 cm³/mol. The highest BCUT2D eigenvalue weighted by Crippen LogP contribution is 2.42. The van der Waals surface area contributed by atoms with Gasteiger partial charge in [0.25, 0.3) is 0 Å². The standard InChI is InChI=1S/C22H32FNO3/c1-16(17-5-3-2-4-6-17)24-12-11-22(14-21(24)27,13-20(26)15-25)18-7-9-19(23)10-8-18/h7-10,16-17,20,25-26H,2-6,11-15H2,1H3/t16-,20?,22?/m0/s1. The number of benzene rings is 1. The molecule has 1 saturated heterocycles. The molecule has 3 atom stereocenters. The Kier molecular flexibility index (Phi) is 6.53. The first-order chi connectivity index (χ1) is 12.9. The maximum Gasteiger partial charge on any atom is 0.223 e. The van der Waals surface area contributed by atoms with Crippen molar-refractivity contribution in [3.05, 3.63) is 35.6 Å². The topological polar surface area (TPSA) is 60.8 Å². The average Bonchev–Trinajstić information content (AvgIpc) is 2.68. The highest BCUT2D eigenvalue weighted by Gasteiger charge is 2.43. The molecule has 2 fully saturated rings. The van der Waals surface area contributed by atoms with Crippen LogP contribution in [0.3, 0.4) is 0 Å². The van der Waals surface area contributed by atoms with E-state index < -0.39 is 11.5 Å². The number of rotatable bonds is 6. The van der Waals surface area contributed by atoms with Gasteiger partial charge in [0.15, 0.2) is 0 Å². The zero-order chi connectivity index (χ0) is 19.4. The second-order valence-electron chi connectivity index (χ2n) is 8.48. The number of halogens is 1. The van der Waals surface area contributed by atoms with Crippen molar-refractivity contribution in [2.75, 3.05) is 13.2 Å². The molecular weight excluding hydrogens is 345 g/mol. The normalized spacial score (nSPS) is 26.8. The molecule has 1 aromatic carbocycles. The summed E-state index contributed by atoms with van der Waals surface area (Å²) in [4.78, 5) is 15.1. The van der Waals surface area contributed by atoms with Crippen LogP contribution in [0.25, 0.3) is 0 Å². The molecule has 2 N–H and O–H groups in total. The van der Waals surface area contributed by atoms with E-state index in [1.807, 2.05) is 4.90 Å². The Hall–Kier alpha value is -1.46. The van der Waals surface area contributed by atoms with E-state index in [9.17, 15) is 19.4 Å². The van der Waals surface area contributed by atoms with Crippen LogP contribution in [-0.2, 0) is 10.2 Å². The fraction of sp³-hybridized carbons (Fsp3) is 0.682. The lowest BCUT2D eigenvalue weighted by atomic mass is 9.68. The quantitative estimate of drug-likeness (QED) is 0.799. The van der Waals surface area contributed by atoms with Crippen molar-refractivity contribution in [1.82, 2.24) is 4.90 Å². The van der Waals surface area contributed by atoms with Crippen LogP contribution in [0.4, 0.5) is 4.39 Å². The van der Waals surface area contributed by atoms with Gasteiger partial charge in [-0.25, -0.2) is 4.39 Å². The van der Waals surface area contributed by atoms with Gasteiger partial charge < -0.3 is 15.1 Å². The molecule has 0 radical (unpaired) electrons. The molecule has 2 unspecified atom stereocenters. The molecule has 1 aliphatic heterocycles. The monoisotopic (exact) mass is 377 g/mol. The minimum absolute atomic E-state index is 0.105. The first kappa shape index (κ1) is 20.3. The number of carbonyl (C=O) groups excluding carboxylic acids is 1. The van der Waals surface area contributed by atoms with E-state index in [1.165, 1.54) is 44.2 Å². The number of aliphatic hydroxyl groups is 2. The first-order valence-electron chi connectivity index (χ1n) is 10.3. The number of piperidine rings is 1. The van der Waals surface area contributed by atoms with Crippen LogP contribution in [0.1, 0.15) is 63.9 Å². The molecule has 150 valence electrons. The molecule has 1 aromatic rings. The van der Waals surface area contributed by atoms with Gasteiger partial charge in [0, 0.05) is 24.4 Å². The summed E-state index contributed by atoms with van der Waals surface area (Å²) >= 11 is 0. The molecule has 1 aliphatic carbocycles. The SMILES string of the molecule is C[C@@H](C1CCCCC1)N1CCC(CC(O)CO)(c2ccc(F)cc2)CC1=O. The molecule has 0 spiro atoms. The van der Waals surface area contributed by atoms with E-state index in [0.29, 0.717) is 25.3 Å². The summed E-state index contributed by atoms with van der Waals surface area (Å²) in [6, 6.07) is 6.49. The maximum absolute atomic E-state index is 13.4. The van der Waals surface area contributed by atoms with E-state index in [0.717, 1.165) is 12.0 Å². The van der Waals surface area contributed by atoms with Crippen LogP contribution in [-0.4, -0.2) is 46.3 Å². The maximum atomic E-state index is 13.4. The van der Waals surface area contributed by atoms with Gasteiger partial charge in [-0.2, -0.15) is 0 Å². The summed E-state index contributed by atoms with van der Waals surface area (Å²) in [6.45, 7) is 2.48. The number of hydrogen-bond acceptors (Lipinski definition) is 3. The Labute approximate surface area is 161 Å². The highest BCUT2D eigenvalue weighted by molar-refractivity contribution is 5.79. The van der Waals surface area contributed by atoms with Crippen molar-refractivity contribution in [3.8, 4) is 0 Å². The highest BCUT2D eigenvalue weighted by atomic mass is 19.1. The van der Waals surface area contributed by atoms with Gasteiger partial charge in [0.2, 0.25) is 5.91 Å². The summed E-state index contributed by atoms with van der Waals surface area (Å²) < 4.78 is 13.4. The number of hydrogen-bond donors (Lipinski definition) is 2. The van der Waals surface area contributed by atoms with Gasteiger partial charge in [-0.3, -0.25) is 4.79 Å². The van der Waals surface area contributed by atoms with Crippen LogP contribution >= 0.6 is 0 Å². The van der Waals surface area contributed by atoms with Crippen LogP contribution in [0.5, 0.6) is 0 Å². The van der Waals surface area contributed by atoms with E-state index in [1.54, 1.807) is 12.1 Å². The molecule has 2 aliphatic rings. The zero-order valence-electron chi connectivity index (χ0n) is 16.2.